The number of urea groups is 1. The van der Waals surface area contributed by atoms with E-state index in [0.29, 0.717) is 57.9 Å². The topological polar surface area (TPSA) is 144 Å². The molecule has 0 atom stereocenters. The van der Waals surface area contributed by atoms with Gasteiger partial charge in [0.15, 0.2) is 4.99 Å². The summed E-state index contributed by atoms with van der Waals surface area (Å²) < 4.78 is 57.3. The fourth-order valence-corrected chi connectivity index (χ4v) is 4.45. The Labute approximate surface area is 208 Å². The van der Waals surface area contributed by atoms with Crippen LogP contribution in [0.4, 0.5) is 24.1 Å². The van der Waals surface area contributed by atoms with Crippen molar-refractivity contribution in [1.29, 1.82) is 0 Å². The van der Waals surface area contributed by atoms with E-state index < -0.39 is 38.5 Å². The number of likely N-dealkylation sites (tertiary alicyclic amines) is 1. The maximum atomic E-state index is 14.8. The molecule has 0 unspecified atom stereocenters. The first-order chi connectivity index (χ1) is 17.0. The number of carbonyl (C=O) groups excluding carboxylic acids is 2. The predicted molar refractivity (Wildman–Crippen MR) is 128 cm³/mol. The SMILES string of the molecule is CC(C)OC(=O)N1CCC(ON=C2CCN(c3cc(F)c(C(NC(N)=O)=S(=O)=O)cc3F)CC2)CC1. The van der Waals surface area contributed by atoms with Crippen molar-refractivity contribution in [2.24, 2.45) is 10.9 Å². The van der Waals surface area contributed by atoms with Crippen molar-refractivity contribution >= 4 is 38.8 Å². The molecular formula is C22H29F2N5O6S. The summed E-state index contributed by atoms with van der Waals surface area (Å²) >= 11 is 0. The first kappa shape index (κ1) is 27.2. The fourth-order valence-electron chi connectivity index (χ4n) is 3.93. The van der Waals surface area contributed by atoms with Crippen molar-refractivity contribution in [2.75, 3.05) is 31.1 Å². The summed E-state index contributed by atoms with van der Waals surface area (Å²) in [6.45, 7) is 5.33. The number of hydrogen-bond donors (Lipinski definition) is 2. The Morgan fingerprint density at radius 2 is 1.75 bits per heavy atom. The fraction of sp³-hybridized carbons (Fsp3) is 0.545. The van der Waals surface area contributed by atoms with Crippen LogP contribution in [0.5, 0.6) is 0 Å². The monoisotopic (exact) mass is 529 g/mol. The molecule has 2 aliphatic heterocycles. The number of primary amides is 1. The number of hydrogen-bond acceptors (Lipinski definition) is 8. The molecule has 198 valence electrons. The van der Waals surface area contributed by atoms with Crippen LogP contribution in [0, 0.1) is 11.6 Å². The lowest BCUT2D eigenvalue weighted by Gasteiger charge is -2.32. The molecule has 0 spiro atoms. The highest BCUT2D eigenvalue weighted by Crippen LogP contribution is 2.26. The van der Waals surface area contributed by atoms with Crippen LogP contribution in [-0.4, -0.2) is 74.5 Å². The number of nitrogens with one attached hydrogen (secondary N) is 1. The van der Waals surface area contributed by atoms with Gasteiger partial charge < -0.3 is 25.1 Å². The minimum Gasteiger partial charge on any atom is -0.447 e. The average molecular weight is 530 g/mol. The lowest BCUT2D eigenvalue weighted by Crippen LogP contribution is -2.41. The van der Waals surface area contributed by atoms with Gasteiger partial charge >= 0.3 is 12.1 Å². The normalized spacial score (nSPS) is 16.5. The third-order valence-corrected chi connectivity index (χ3v) is 6.39. The zero-order valence-corrected chi connectivity index (χ0v) is 20.8. The molecule has 1 aromatic carbocycles. The van der Waals surface area contributed by atoms with Crippen LogP contribution in [0.25, 0.3) is 0 Å². The van der Waals surface area contributed by atoms with Gasteiger partial charge in [-0.25, -0.2) is 18.4 Å². The molecule has 3 N–H and O–H groups in total. The smallest absolute Gasteiger partial charge is 0.410 e. The molecule has 2 fully saturated rings. The Morgan fingerprint density at radius 3 is 2.31 bits per heavy atom. The van der Waals surface area contributed by atoms with Crippen LogP contribution in [0.2, 0.25) is 0 Å². The summed E-state index contributed by atoms with van der Waals surface area (Å²) in [5, 5.41) is 6.03. The van der Waals surface area contributed by atoms with Gasteiger partial charge in [-0.3, -0.25) is 5.32 Å². The first-order valence-electron chi connectivity index (χ1n) is 11.5. The number of benzene rings is 1. The van der Waals surface area contributed by atoms with Crippen molar-refractivity contribution < 1.29 is 36.4 Å². The van der Waals surface area contributed by atoms with Crippen LogP contribution >= 0.6 is 0 Å². The van der Waals surface area contributed by atoms with Gasteiger partial charge in [0.1, 0.15) is 17.7 Å². The molecule has 0 aliphatic carbocycles. The molecule has 0 saturated carbocycles. The van der Waals surface area contributed by atoms with Crippen LogP contribution in [0.3, 0.4) is 0 Å². The number of anilines is 1. The summed E-state index contributed by atoms with van der Waals surface area (Å²) in [5.41, 5.74) is 5.04. The van der Waals surface area contributed by atoms with E-state index in [1.54, 1.807) is 29.0 Å². The predicted octanol–water partition coefficient (Wildman–Crippen LogP) is 1.97. The quantitative estimate of drug-likeness (QED) is 0.438. The highest BCUT2D eigenvalue weighted by atomic mass is 32.2. The van der Waals surface area contributed by atoms with E-state index in [9.17, 15) is 26.8 Å². The van der Waals surface area contributed by atoms with E-state index in [1.807, 2.05) is 0 Å². The third-order valence-electron chi connectivity index (χ3n) is 5.73. The van der Waals surface area contributed by atoms with E-state index in [4.69, 9.17) is 15.3 Å². The molecule has 2 saturated heterocycles. The molecule has 36 heavy (non-hydrogen) atoms. The second-order valence-corrected chi connectivity index (χ2v) is 9.58. The van der Waals surface area contributed by atoms with E-state index in [0.717, 1.165) is 11.8 Å². The van der Waals surface area contributed by atoms with E-state index in [-0.39, 0.29) is 24.0 Å². The van der Waals surface area contributed by atoms with Gasteiger partial charge in [-0.05, 0) is 19.9 Å². The molecule has 3 rings (SSSR count). The Hall–Kier alpha value is -3.42. The maximum absolute atomic E-state index is 14.8. The molecule has 0 aromatic heterocycles. The average Bonchev–Trinajstić information content (AvgIpc) is 2.82. The highest BCUT2D eigenvalue weighted by Gasteiger charge is 2.26. The second kappa shape index (κ2) is 12.0. The third kappa shape index (κ3) is 7.06. The molecule has 2 aliphatic rings. The molecule has 2 heterocycles. The van der Waals surface area contributed by atoms with Gasteiger partial charge in [0.25, 0.3) is 0 Å². The zero-order chi connectivity index (χ0) is 26.4. The lowest BCUT2D eigenvalue weighted by molar-refractivity contribution is 0.00415. The number of rotatable bonds is 5. The Bertz CT molecular complexity index is 1150. The summed E-state index contributed by atoms with van der Waals surface area (Å²) in [5.74, 6) is -1.87. The Kier molecular flexibility index (Phi) is 9.07. The van der Waals surface area contributed by atoms with E-state index in [2.05, 4.69) is 5.16 Å². The van der Waals surface area contributed by atoms with Gasteiger partial charge in [0.05, 0.1) is 23.1 Å². The van der Waals surface area contributed by atoms with Gasteiger partial charge in [-0.2, -0.15) is 8.42 Å². The number of nitrogens with two attached hydrogens (primary N) is 1. The maximum Gasteiger partial charge on any atom is 0.410 e. The van der Waals surface area contributed by atoms with Gasteiger partial charge in [-0.15, -0.1) is 0 Å². The van der Waals surface area contributed by atoms with Crippen molar-refractivity contribution in [3.05, 3.63) is 29.3 Å². The number of nitrogens with zero attached hydrogens (tertiary/aromatic N) is 3. The molecule has 14 heteroatoms. The summed E-state index contributed by atoms with van der Waals surface area (Å²) in [4.78, 5) is 31.1. The number of oxime groups is 1. The van der Waals surface area contributed by atoms with Crippen LogP contribution in [0.1, 0.15) is 45.1 Å². The van der Waals surface area contributed by atoms with E-state index >= 15 is 0 Å². The summed E-state index contributed by atoms with van der Waals surface area (Å²) in [7, 11) is -3.04. The Morgan fingerprint density at radius 1 is 1.11 bits per heavy atom. The number of piperidine rings is 2. The molecule has 11 nitrogen and oxygen atoms in total. The standard InChI is InChI=1S/C22H29F2N5O6S/c1-13(2)34-22(31)29-9-5-15(6-10-29)35-27-14-3-7-28(8-4-14)19-12-17(23)16(11-18(19)24)20(36(32)33)26-21(25)30/h11-13,15H,3-10H2,1-2H3,(H3,25,26,30). The molecular weight excluding hydrogens is 500 g/mol. The Balaban J connectivity index is 1.56. The number of amides is 3. The summed E-state index contributed by atoms with van der Waals surface area (Å²) in [6.07, 6.45) is 1.56. The van der Waals surface area contributed by atoms with Crippen molar-refractivity contribution in [1.82, 2.24) is 10.2 Å². The minimum absolute atomic E-state index is 0.0352. The second-order valence-electron chi connectivity index (χ2n) is 8.71. The van der Waals surface area contributed by atoms with Crippen molar-refractivity contribution in [3.8, 4) is 0 Å². The minimum atomic E-state index is -3.04. The van der Waals surface area contributed by atoms with E-state index in [1.165, 1.54) is 0 Å². The van der Waals surface area contributed by atoms with Crippen LogP contribution in [0.15, 0.2) is 17.3 Å². The number of ether oxygens (including phenoxy) is 1. The summed E-state index contributed by atoms with van der Waals surface area (Å²) in [6, 6.07) is 0.376. The molecule has 3 amide bonds. The highest BCUT2D eigenvalue weighted by molar-refractivity contribution is 7.73. The zero-order valence-electron chi connectivity index (χ0n) is 20.0. The largest absolute Gasteiger partial charge is 0.447 e. The first-order valence-corrected chi connectivity index (χ1v) is 12.6. The van der Waals surface area contributed by atoms with Gasteiger partial charge in [-0.1, -0.05) is 5.16 Å². The van der Waals surface area contributed by atoms with Gasteiger partial charge in [0, 0.05) is 57.9 Å². The molecule has 1 aromatic rings. The van der Waals surface area contributed by atoms with Crippen molar-refractivity contribution in [3.63, 3.8) is 0 Å². The number of halogens is 2. The molecule has 0 bridgehead atoms. The number of carbonyl (C=O) groups is 2. The van der Waals surface area contributed by atoms with Crippen LogP contribution < -0.4 is 16.0 Å². The van der Waals surface area contributed by atoms with Crippen LogP contribution in [-0.2, 0) is 19.9 Å². The van der Waals surface area contributed by atoms with Crippen molar-refractivity contribution in [2.45, 2.75) is 51.7 Å². The molecule has 0 radical (unpaired) electrons. The lowest BCUT2D eigenvalue weighted by atomic mass is 10.1. The van der Waals surface area contributed by atoms with Gasteiger partial charge in [0.2, 0.25) is 10.3 Å².